The maximum Gasteiger partial charge on any atom is 0.193 e. The summed E-state index contributed by atoms with van der Waals surface area (Å²) in [5.41, 5.74) is 9.13. The number of benzene rings is 1. The quantitative estimate of drug-likeness (QED) is 0.653. The minimum atomic E-state index is -2.84. The van der Waals surface area contributed by atoms with Gasteiger partial charge in [0, 0.05) is 12.2 Å². The molecule has 5 nitrogen and oxygen atoms in total. The van der Waals surface area contributed by atoms with Crippen LogP contribution in [0.1, 0.15) is 17.5 Å². The van der Waals surface area contributed by atoms with Crippen LogP contribution in [0.15, 0.2) is 23.2 Å². The first-order valence-electron chi connectivity index (χ1n) is 6.70. The zero-order valence-electron chi connectivity index (χ0n) is 11.9. The molecule has 0 saturated carbocycles. The standard InChI is InChI=1S/C14H21N3O2S/c1-10-3-4-13(7-11(10)2)17-14(15)16-8-12-5-6-20(18,19)9-12/h3-4,7,12H,5-6,8-9H2,1-2H3,(H3,15,16,17). The third-order valence-electron chi connectivity index (χ3n) is 3.63. The molecule has 1 saturated heterocycles. The van der Waals surface area contributed by atoms with E-state index in [1.54, 1.807) is 0 Å². The first kappa shape index (κ1) is 14.8. The lowest BCUT2D eigenvalue weighted by Gasteiger charge is -2.09. The number of hydrogen-bond acceptors (Lipinski definition) is 3. The molecule has 6 heteroatoms. The first-order chi connectivity index (χ1) is 9.35. The highest BCUT2D eigenvalue weighted by Crippen LogP contribution is 2.18. The first-order valence-corrected chi connectivity index (χ1v) is 8.52. The Morgan fingerprint density at radius 1 is 1.40 bits per heavy atom. The van der Waals surface area contributed by atoms with Crippen LogP contribution in [0.5, 0.6) is 0 Å². The molecule has 2 rings (SSSR count). The van der Waals surface area contributed by atoms with E-state index in [2.05, 4.69) is 17.2 Å². The molecule has 1 aliphatic heterocycles. The van der Waals surface area contributed by atoms with Gasteiger partial charge in [0.15, 0.2) is 15.8 Å². The fraction of sp³-hybridized carbons (Fsp3) is 0.500. The Kier molecular flexibility index (Phi) is 4.32. The van der Waals surface area contributed by atoms with Crippen LogP contribution in [0.2, 0.25) is 0 Å². The fourth-order valence-electron chi connectivity index (χ4n) is 2.25. The number of aliphatic imine (C=N–C) groups is 1. The third kappa shape index (κ3) is 3.96. The van der Waals surface area contributed by atoms with Crippen LogP contribution < -0.4 is 11.1 Å². The molecular weight excluding hydrogens is 274 g/mol. The average Bonchev–Trinajstić information content (AvgIpc) is 2.71. The lowest BCUT2D eigenvalue weighted by atomic mass is 10.1. The van der Waals surface area contributed by atoms with Crippen molar-refractivity contribution in [1.82, 2.24) is 0 Å². The van der Waals surface area contributed by atoms with E-state index in [9.17, 15) is 8.42 Å². The molecule has 0 aliphatic carbocycles. The topological polar surface area (TPSA) is 84.5 Å². The van der Waals surface area contributed by atoms with Gasteiger partial charge in [-0.25, -0.2) is 8.42 Å². The van der Waals surface area contributed by atoms with Crippen molar-refractivity contribution in [2.75, 3.05) is 23.4 Å². The minimum absolute atomic E-state index is 0.0973. The van der Waals surface area contributed by atoms with Gasteiger partial charge in [-0.1, -0.05) is 6.07 Å². The highest BCUT2D eigenvalue weighted by Gasteiger charge is 2.27. The van der Waals surface area contributed by atoms with Crippen molar-refractivity contribution in [2.24, 2.45) is 16.6 Å². The van der Waals surface area contributed by atoms with Gasteiger partial charge in [0.1, 0.15) is 0 Å². The Morgan fingerprint density at radius 2 is 2.15 bits per heavy atom. The second kappa shape index (κ2) is 5.83. The summed E-state index contributed by atoms with van der Waals surface area (Å²) >= 11 is 0. The average molecular weight is 295 g/mol. The molecule has 0 amide bonds. The molecule has 20 heavy (non-hydrogen) atoms. The SMILES string of the molecule is Cc1ccc(NC(N)=NCC2CCS(=O)(=O)C2)cc1C. The van der Waals surface area contributed by atoms with Gasteiger partial charge in [-0.2, -0.15) is 0 Å². The maximum atomic E-state index is 11.4. The van der Waals surface area contributed by atoms with Crippen LogP contribution in [0.25, 0.3) is 0 Å². The van der Waals surface area contributed by atoms with Crippen molar-refractivity contribution >= 4 is 21.5 Å². The molecular formula is C14H21N3O2S. The van der Waals surface area contributed by atoms with Gasteiger partial charge in [0.25, 0.3) is 0 Å². The van der Waals surface area contributed by atoms with Gasteiger partial charge in [-0.05, 0) is 49.4 Å². The van der Waals surface area contributed by atoms with Gasteiger partial charge < -0.3 is 11.1 Å². The van der Waals surface area contributed by atoms with Gasteiger partial charge in [0.2, 0.25) is 0 Å². The smallest absolute Gasteiger partial charge is 0.193 e. The number of nitrogens with one attached hydrogen (secondary N) is 1. The van der Waals surface area contributed by atoms with Crippen LogP contribution in [-0.2, 0) is 9.84 Å². The van der Waals surface area contributed by atoms with E-state index in [0.29, 0.717) is 18.9 Å². The maximum absolute atomic E-state index is 11.4. The monoisotopic (exact) mass is 295 g/mol. The molecule has 0 aromatic heterocycles. The summed E-state index contributed by atoms with van der Waals surface area (Å²) in [7, 11) is -2.84. The summed E-state index contributed by atoms with van der Waals surface area (Å²) in [5.74, 6) is 0.933. The van der Waals surface area contributed by atoms with E-state index in [4.69, 9.17) is 5.73 Å². The third-order valence-corrected chi connectivity index (χ3v) is 5.46. The summed E-state index contributed by atoms with van der Waals surface area (Å²) in [4.78, 5) is 4.24. The number of guanidine groups is 1. The molecule has 1 unspecified atom stereocenters. The largest absolute Gasteiger partial charge is 0.370 e. The van der Waals surface area contributed by atoms with Crippen molar-refractivity contribution in [3.8, 4) is 0 Å². The van der Waals surface area contributed by atoms with E-state index < -0.39 is 9.84 Å². The predicted molar refractivity (Wildman–Crippen MR) is 82.8 cm³/mol. The molecule has 1 aliphatic rings. The molecule has 1 heterocycles. The Balaban J connectivity index is 1.92. The number of nitrogens with zero attached hydrogens (tertiary/aromatic N) is 1. The summed E-state index contributed by atoms with van der Waals surface area (Å²) in [6, 6.07) is 5.98. The Morgan fingerprint density at radius 3 is 2.75 bits per heavy atom. The lowest BCUT2D eigenvalue weighted by Crippen LogP contribution is -2.24. The molecule has 1 aromatic rings. The highest BCUT2D eigenvalue weighted by atomic mass is 32.2. The van der Waals surface area contributed by atoms with Crippen molar-refractivity contribution in [3.05, 3.63) is 29.3 Å². The van der Waals surface area contributed by atoms with Gasteiger partial charge >= 0.3 is 0 Å². The molecule has 0 radical (unpaired) electrons. The van der Waals surface area contributed by atoms with Crippen LogP contribution in [0.3, 0.4) is 0 Å². The number of hydrogen-bond donors (Lipinski definition) is 2. The van der Waals surface area contributed by atoms with Gasteiger partial charge in [0.05, 0.1) is 11.5 Å². The highest BCUT2D eigenvalue weighted by molar-refractivity contribution is 7.91. The number of anilines is 1. The van der Waals surface area contributed by atoms with Gasteiger partial charge in [-0.3, -0.25) is 4.99 Å². The molecule has 0 spiro atoms. The molecule has 0 bridgehead atoms. The summed E-state index contributed by atoms with van der Waals surface area (Å²) in [6.07, 6.45) is 0.683. The van der Waals surface area contributed by atoms with Crippen molar-refractivity contribution in [3.63, 3.8) is 0 Å². The lowest BCUT2D eigenvalue weighted by molar-refractivity contribution is 0.591. The van der Waals surface area contributed by atoms with Crippen LogP contribution in [-0.4, -0.2) is 32.4 Å². The van der Waals surface area contributed by atoms with E-state index in [0.717, 1.165) is 5.69 Å². The number of rotatable bonds is 3. The second-order valence-corrected chi connectivity index (χ2v) is 7.65. The second-order valence-electron chi connectivity index (χ2n) is 5.42. The van der Waals surface area contributed by atoms with E-state index >= 15 is 0 Å². The van der Waals surface area contributed by atoms with Crippen LogP contribution >= 0.6 is 0 Å². The molecule has 1 fully saturated rings. The minimum Gasteiger partial charge on any atom is -0.370 e. The number of nitrogens with two attached hydrogens (primary N) is 1. The zero-order valence-corrected chi connectivity index (χ0v) is 12.7. The van der Waals surface area contributed by atoms with E-state index in [-0.39, 0.29) is 17.4 Å². The molecule has 1 atom stereocenters. The predicted octanol–water partition coefficient (Wildman–Crippen LogP) is 1.46. The molecule has 110 valence electrons. The van der Waals surface area contributed by atoms with Crippen molar-refractivity contribution in [2.45, 2.75) is 20.3 Å². The number of sulfone groups is 1. The molecule has 1 aromatic carbocycles. The van der Waals surface area contributed by atoms with Crippen molar-refractivity contribution < 1.29 is 8.42 Å². The summed E-state index contributed by atoms with van der Waals surface area (Å²) in [6.45, 7) is 4.55. The normalized spacial score (nSPS) is 21.9. The van der Waals surface area contributed by atoms with E-state index in [1.165, 1.54) is 11.1 Å². The molecule has 3 N–H and O–H groups in total. The van der Waals surface area contributed by atoms with E-state index in [1.807, 2.05) is 25.1 Å². The van der Waals surface area contributed by atoms with Crippen LogP contribution in [0, 0.1) is 19.8 Å². The zero-order chi connectivity index (χ0) is 14.8. The van der Waals surface area contributed by atoms with Gasteiger partial charge in [-0.15, -0.1) is 0 Å². The Bertz CT molecular complexity index is 623. The summed E-state index contributed by atoms with van der Waals surface area (Å²) in [5, 5.41) is 3.03. The summed E-state index contributed by atoms with van der Waals surface area (Å²) < 4.78 is 22.7. The Hall–Kier alpha value is -1.56. The van der Waals surface area contributed by atoms with Crippen LogP contribution in [0.4, 0.5) is 5.69 Å². The fourth-order valence-corrected chi connectivity index (χ4v) is 4.10. The number of aryl methyl sites for hydroxylation is 2. The van der Waals surface area contributed by atoms with Crippen molar-refractivity contribution in [1.29, 1.82) is 0 Å². The Labute approximate surface area is 120 Å².